The predicted octanol–water partition coefficient (Wildman–Crippen LogP) is 7.40. The molecule has 1 heteroatoms. The average Bonchev–Trinajstić information content (AvgIpc) is 2.74. The molecule has 1 nitrogen and oxygen atoms in total. The summed E-state index contributed by atoms with van der Waals surface area (Å²) in [6.07, 6.45) is 0. The van der Waals surface area contributed by atoms with Gasteiger partial charge >= 0.3 is 0 Å². The fourth-order valence-corrected chi connectivity index (χ4v) is 3.71. The smallest absolute Gasteiger partial charge is 0.0470 e. The highest BCUT2D eigenvalue weighted by Crippen LogP contribution is 2.38. The zero-order chi connectivity index (χ0) is 18.1. The van der Waals surface area contributed by atoms with Crippen molar-refractivity contribution in [1.82, 2.24) is 0 Å². The van der Waals surface area contributed by atoms with Gasteiger partial charge in [0, 0.05) is 16.9 Å². The summed E-state index contributed by atoms with van der Waals surface area (Å²) in [5.41, 5.74) is 4.68. The Bertz CT molecular complexity index is 1240. The van der Waals surface area contributed by atoms with Crippen LogP contribution < -0.4 is 5.32 Å². The maximum atomic E-state index is 3.61. The molecule has 5 aromatic carbocycles. The first kappa shape index (κ1) is 15.7. The van der Waals surface area contributed by atoms with Crippen LogP contribution in [0, 0.1) is 0 Å². The van der Waals surface area contributed by atoms with E-state index in [1.165, 1.54) is 32.7 Å². The van der Waals surface area contributed by atoms with Crippen LogP contribution >= 0.6 is 0 Å². The van der Waals surface area contributed by atoms with Crippen LogP contribution in [0.5, 0.6) is 0 Å². The Balaban J connectivity index is 1.75. The minimum atomic E-state index is 1.09. The van der Waals surface area contributed by atoms with Gasteiger partial charge in [0.1, 0.15) is 0 Å². The second-order valence-electron chi connectivity index (χ2n) is 6.76. The molecule has 0 fully saturated rings. The van der Waals surface area contributed by atoms with E-state index in [2.05, 4.69) is 108 Å². The van der Waals surface area contributed by atoms with Crippen LogP contribution in [0.2, 0.25) is 0 Å². The zero-order valence-electron chi connectivity index (χ0n) is 14.9. The number of anilines is 2. The van der Waals surface area contributed by atoms with E-state index in [0.29, 0.717) is 0 Å². The van der Waals surface area contributed by atoms with Crippen LogP contribution in [0.1, 0.15) is 0 Å². The van der Waals surface area contributed by atoms with Gasteiger partial charge in [-0.3, -0.25) is 0 Å². The largest absolute Gasteiger partial charge is 0.355 e. The molecule has 0 saturated heterocycles. The molecule has 0 aliphatic carbocycles. The Morgan fingerprint density at radius 3 is 2.00 bits per heavy atom. The van der Waals surface area contributed by atoms with E-state index in [1.807, 2.05) is 6.07 Å². The molecule has 128 valence electrons. The lowest BCUT2D eigenvalue weighted by molar-refractivity contribution is 1.56. The van der Waals surface area contributed by atoms with Crippen molar-refractivity contribution in [3.05, 3.63) is 109 Å². The normalized spacial score (nSPS) is 11.0. The molecule has 0 atom stereocenters. The third kappa shape index (κ3) is 2.94. The number of rotatable bonds is 3. The van der Waals surface area contributed by atoms with Gasteiger partial charge in [-0.15, -0.1) is 0 Å². The second-order valence-corrected chi connectivity index (χ2v) is 6.76. The van der Waals surface area contributed by atoms with Crippen LogP contribution in [0.15, 0.2) is 109 Å². The zero-order valence-corrected chi connectivity index (χ0v) is 14.9. The monoisotopic (exact) mass is 345 g/mol. The molecule has 0 radical (unpaired) electrons. The topological polar surface area (TPSA) is 12.0 Å². The number of benzene rings is 5. The minimum absolute atomic E-state index is 1.09. The van der Waals surface area contributed by atoms with E-state index >= 15 is 0 Å². The summed E-state index contributed by atoms with van der Waals surface area (Å²) in [7, 11) is 0. The minimum Gasteiger partial charge on any atom is -0.355 e. The first-order valence-electron chi connectivity index (χ1n) is 9.21. The molecule has 0 saturated carbocycles. The van der Waals surface area contributed by atoms with E-state index in [1.54, 1.807) is 0 Å². The molecule has 0 unspecified atom stereocenters. The van der Waals surface area contributed by atoms with Crippen molar-refractivity contribution in [2.75, 3.05) is 5.32 Å². The molecular formula is C26H19N. The maximum Gasteiger partial charge on any atom is 0.0470 e. The van der Waals surface area contributed by atoms with Crippen molar-refractivity contribution in [2.24, 2.45) is 0 Å². The molecule has 0 bridgehead atoms. The molecule has 1 N–H and O–H groups in total. The van der Waals surface area contributed by atoms with Crippen molar-refractivity contribution in [3.8, 4) is 11.1 Å². The van der Waals surface area contributed by atoms with Crippen molar-refractivity contribution in [3.63, 3.8) is 0 Å². The molecule has 0 spiro atoms. The quantitative estimate of drug-likeness (QED) is 0.359. The van der Waals surface area contributed by atoms with Crippen LogP contribution in [-0.2, 0) is 0 Å². The van der Waals surface area contributed by atoms with Crippen LogP contribution in [-0.4, -0.2) is 0 Å². The molecule has 0 aliphatic rings. The number of hydrogen-bond acceptors (Lipinski definition) is 1. The highest BCUT2D eigenvalue weighted by atomic mass is 14.9. The van der Waals surface area contributed by atoms with Gasteiger partial charge in [0.05, 0.1) is 0 Å². The number of hydrogen-bond donors (Lipinski definition) is 1. The van der Waals surface area contributed by atoms with Crippen molar-refractivity contribution in [2.45, 2.75) is 0 Å². The number of para-hydroxylation sites is 1. The molecule has 0 heterocycles. The van der Waals surface area contributed by atoms with E-state index in [0.717, 1.165) is 11.4 Å². The van der Waals surface area contributed by atoms with Gasteiger partial charge in [-0.1, -0.05) is 84.9 Å². The van der Waals surface area contributed by atoms with Crippen molar-refractivity contribution < 1.29 is 0 Å². The van der Waals surface area contributed by atoms with Gasteiger partial charge in [0.15, 0.2) is 0 Å². The summed E-state index contributed by atoms with van der Waals surface area (Å²) >= 11 is 0. The first-order chi connectivity index (χ1) is 13.4. The van der Waals surface area contributed by atoms with E-state index < -0.39 is 0 Å². The molecule has 0 aromatic heterocycles. The Hall–Kier alpha value is -3.58. The fourth-order valence-electron chi connectivity index (χ4n) is 3.71. The van der Waals surface area contributed by atoms with E-state index in [9.17, 15) is 0 Å². The van der Waals surface area contributed by atoms with Crippen LogP contribution in [0.4, 0.5) is 11.4 Å². The lowest BCUT2D eigenvalue weighted by atomic mass is 9.94. The first-order valence-corrected chi connectivity index (χ1v) is 9.21. The molecule has 27 heavy (non-hydrogen) atoms. The Morgan fingerprint density at radius 1 is 0.481 bits per heavy atom. The molecule has 5 aromatic rings. The summed E-state index contributed by atoms with van der Waals surface area (Å²) in [5, 5.41) is 8.64. The van der Waals surface area contributed by atoms with Crippen molar-refractivity contribution >= 4 is 32.9 Å². The summed E-state index contributed by atoms with van der Waals surface area (Å²) < 4.78 is 0. The lowest BCUT2D eigenvalue weighted by Crippen LogP contribution is -1.94. The SMILES string of the molecule is c1ccc(Nc2ccc3ccccc3c2-c2ccc3ccccc3c2)cc1. The van der Waals surface area contributed by atoms with E-state index in [-0.39, 0.29) is 0 Å². The van der Waals surface area contributed by atoms with Gasteiger partial charge in [0.2, 0.25) is 0 Å². The highest BCUT2D eigenvalue weighted by Gasteiger charge is 2.11. The maximum absolute atomic E-state index is 3.61. The van der Waals surface area contributed by atoms with E-state index in [4.69, 9.17) is 0 Å². The second kappa shape index (κ2) is 6.62. The Morgan fingerprint density at radius 2 is 1.15 bits per heavy atom. The van der Waals surface area contributed by atoms with Crippen molar-refractivity contribution in [1.29, 1.82) is 0 Å². The third-order valence-corrected chi connectivity index (χ3v) is 5.02. The standard InChI is InChI=1S/C26H19N/c1-2-11-23(12-3-1)27-25-17-16-20-9-6-7-13-24(20)26(25)22-15-14-19-8-4-5-10-21(19)18-22/h1-18,27H. The third-order valence-electron chi connectivity index (χ3n) is 5.02. The highest BCUT2D eigenvalue weighted by molar-refractivity contribution is 6.05. The average molecular weight is 345 g/mol. The molecule has 0 aliphatic heterocycles. The number of fused-ring (bicyclic) bond motifs is 2. The molecule has 0 amide bonds. The Kier molecular flexibility index (Phi) is 3.84. The van der Waals surface area contributed by atoms with Crippen LogP contribution in [0.3, 0.4) is 0 Å². The predicted molar refractivity (Wildman–Crippen MR) is 117 cm³/mol. The summed E-state index contributed by atoms with van der Waals surface area (Å²) in [6.45, 7) is 0. The molecule has 5 rings (SSSR count). The lowest BCUT2D eigenvalue weighted by Gasteiger charge is -2.16. The summed E-state index contributed by atoms with van der Waals surface area (Å²) in [4.78, 5) is 0. The number of nitrogens with one attached hydrogen (secondary N) is 1. The van der Waals surface area contributed by atoms with Crippen LogP contribution in [0.25, 0.3) is 32.7 Å². The van der Waals surface area contributed by atoms with Gasteiger partial charge in [0.25, 0.3) is 0 Å². The fraction of sp³-hybridized carbons (Fsp3) is 0. The Labute approximate surface area is 158 Å². The van der Waals surface area contributed by atoms with Gasteiger partial charge < -0.3 is 5.32 Å². The van der Waals surface area contributed by atoms with Gasteiger partial charge in [-0.05, 0) is 51.4 Å². The molecular weight excluding hydrogens is 326 g/mol. The summed E-state index contributed by atoms with van der Waals surface area (Å²) in [5.74, 6) is 0. The van der Waals surface area contributed by atoms with Gasteiger partial charge in [-0.2, -0.15) is 0 Å². The summed E-state index contributed by atoms with van der Waals surface area (Å²) in [6, 6.07) is 38.5. The van der Waals surface area contributed by atoms with Gasteiger partial charge in [-0.25, -0.2) is 0 Å².